The summed E-state index contributed by atoms with van der Waals surface area (Å²) >= 11 is 2.44. The van der Waals surface area contributed by atoms with Gasteiger partial charge in [-0.15, -0.1) is 11.3 Å². The van der Waals surface area contributed by atoms with Gasteiger partial charge in [0.15, 0.2) is 10.3 Å². The van der Waals surface area contributed by atoms with Crippen molar-refractivity contribution in [2.75, 3.05) is 11.1 Å². The van der Waals surface area contributed by atoms with Gasteiger partial charge in [-0.05, 0) is 6.92 Å². The summed E-state index contributed by atoms with van der Waals surface area (Å²) in [5.74, 6) is -0.503. The molecule has 1 aliphatic heterocycles. The lowest BCUT2D eigenvalue weighted by molar-refractivity contribution is -0.114. The Bertz CT molecular complexity index is 590. The quantitative estimate of drug-likeness (QED) is 0.860. The van der Waals surface area contributed by atoms with Crippen LogP contribution in [0.5, 0.6) is 0 Å². The van der Waals surface area contributed by atoms with Crippen LogP contribution in [0.25, 0.3) is 0 Å². The number of carbonyl (C=O) groups is 2. The second-order valence-corrected chi connectivity index (χ2v) is 5.39. The number of rotatable bonds is 3. The van der Waals surface area contributed by atoms with E-state index in [2.05, 4.69) is 26.9 Å². The van der Waals surface area contributed by atoms with E-state index in [1.165, 1.54) is 11.3 Å². The minimum Gasteiger partial charge on any atom is -0.301 e. The number of thioether (sulfide) groups is 1. The van der Waals surface area contributed by atoms with Gasteiger partial charge in [-0.25, -0.2) is 9.98 Å². The van der Waals surface area contributed by atoms with E-state index in [0.717, 1.165) is 11.8 Å². The molecule has 2 heterocycles. The number of anilines is 1. The molecule has 98 valence electrons. The number of hydrogen-bond acceptors (Lipinski definition) is 6. The highest BCUT2D eigenvalue weighted by molar-refractivity contribution is 8.14. The van der Waals surface area contributed by atoms with E-state index in [0.29, 0.717) is 10.8 Å². The lowest BCUT2D eigenvalue weighted by atomic mass is 10.2. The fourth-order valence-electron chi connectivity index (χ4n) is 1.18. The zero-order valence-electron chi connectivity index (χ0n) is 10.0. The third kappa shape index (κ3) is 3.58. The Balaban J connectivity index is 1.89. The Labute approximate surface area is 117 Å². The fraction of sp³-hybridized carbons (Fsp3) is 0.182. The predicted octanol–water partition coefficient (Wildman–Crippen LogP) is 1.73. The maximum absolute atomic E-state index is 11.6. The molecule has 19 heavy (non-hydrogen) atoms. The molecule has 2 amide bonds. The van der Waals surface area contributed by atoms with Crippen molar-refractivity contribution < 1.29 is 9.59 Å². The van der Waals surface area contributed by atoms with Gasteiger partial charge in [-0.3, -0.25) is 9.59 Å². The standard InChI is InChI=1S/C11H10N4O2S2/c1-6-7(2)13-11(15-9(6)17)19-5-8(16)14-10-12-3-4-18-10/h3-4H,1,5H2,2H3,(H,12,14,16). The number of hydrogen-bond donors (Lipinski definition) is 1. The van der Waals surface area contributed by atoms with Crippen LogP contribution in [0, 0.1) is 0 Å². The van der Waals surface area contributed by atoms with Gasteiger partial charge in [-0.2, -0.15) is 4.99 Å². The molecule has 0 saturated carbocycles. The van der Waals surface area contributed by atoms with Crippen molar-refractivity contribution in [2.45, 2.75) is 6.92 Å². The van der Waals surface area contributed by atoms with Gasteiger partial charge in [-0.1, -0.05) is 18.3 Å². The largest absolute Gasteiger partial charge is 0.301 e. The van der Waals surface area contributed by atoms with Crippen LogP contribution >= 0.6 is 23.1 Å². The highest BCUT2D eigenvalue weighted by atomic mass is 32.2. The third-order valence-corrected chi connectivity index (χ3v) is 3.70. The molecule has 0 spiro atoms. The van der Waals surface area contributed by atoms with Crippen LogP contribution in [-0.2, 0) is 9.59 Å². The Morgan fingerprint density at radius 3 is 2.95 bits per heavy atom. The van der Waals surface area contributed by atoms with Gasteiger partial charge in [0.1, 0.15) is 0 Å². The summed E-state index contributed by atoms with van der Waals surface area (Å²) < 4.78 is 0. The van der Waals surface area contributed by atoms with Crippen LogP contribution in [0.1, 0.15) is 6.92 Å². The monoisotopic (exact) mass is 294 g/mol. The zero-order valence-corrected chi connectivity index (χ0v) is 11.7. The lowest BCUT2D eigenvalue weighted by Crippen LogP contribution is -2.18. The number of amides is 2. The van der Waals surface area contributed by atoms with Gasteiger partial charge in [0.25, 0.3) is 5.91 Å². The van der Waals surface area contributed by atoms with Crippen LogP contribution in [0.4, 0.5) is 5.13 Å². The van der Waals surface area contributed by atoms with Gasteiger partial charge in [0.05, 0.1) is 17.0 Å². The van der Waals surface area contributed by atoms with Crippen LogP contribution in [0.3, 0.4) is 0 Å². The first-order valence-corrected chi connectivity index (χ1v) is 7.12. The Hall–Kier alpha value is -1.80. The van der Waals surface area contributed by atoms with Crippen LogP contribution < -0.4 is 5.32 Å². The van der Waals surface area contributed by atoms with Crippen molar-refractivity contribution in [1.29, 1.82) is 0 Å². The van der Waals surface area contributed by atoms with Gasteiger partial charge < -0.3 is 5.32 Å². The molecule has 0 atom stereocenters. The molecule has 0 aromatic carbocycles. The molecule has 8 heteroatoms. The summed E-state index contributed by atoms with van der Waals surface area (Å²) in [7, 11) is 0. The summed E-state index contributed by atoms with van der Waals surface area (Å²) in [4.78, 5) is 34.8. The SMILES string of the molecule is C=C1C(=O)N=C(SCC(=O)Nc2nccs2)N=C1C. The first kappa shape index (κ1) is 13.6. The third-order valence-electron chi connectivity index (χ3n) is 2.17. The summed E-state index contributed by atoms with van der Waals surface area (Å²) in [6.45, 7) is 5.26. The smallest absolute Gasteiger partial charge is 0.280 e. The summed E-state index contributed by atoms with van der Waals surface area (Å²) in [6.07, 6.45) is 1.61. The molecular weight excluding hydrogens is 284 g/mol. The Morgan fingerprint density at radius 1 is 1.53 bits per heavy atom. The van der Waals surface area contributed by atoms with Gasteiger partial charge >= 0.3 is 0 Å². The molecule has 1 aromatic heterocycles. The number of aliphatic imine (C=N–C) groups is 2. The molecule has 2 rings (SSSR count). The normalized spacial score (nSPS) is 15.0. The molecular formula is C11H10N4O2S2. The van der Waals surface area contributed by atoms with Crippen molar-refractivity contribution >= 4 is 50.9 Å². The number of thiazole rings is 1. The lowest BCUT2D eigenvalue weighted by Gasteiger charge is -2.09. The zero-order chi connectivity index (χ0) is 13.8. The average Bonchev–Trinajstić information content (AvgIpc) is 2.86. The average molecular weight is 294 g/mol. The van der Waals surface area contributed by atoms with Gasteiger partial charge in [0, 0.05) is 11.6 Å². The van der Waals surface area contributed by atoms with Crippen LogP contribution in [0.15, 0.2) is 33.7 Å². The van der Waals surface area contributed by atoms with E-state index in [9.17, 15) is 9.59 Å². The molecule has 1 aliphatic rings. The van der Waals surface area contributed by atoms with E-state index in [-0.39, 0.29) is 22.4 Å². The maximum atomic E-state index is 11.6. The predicted molar refractivity (Wildman–Crippen MR) is 77.9 cm³/mol. The van der Waals surface area contributed by atoms with Crippen LogP contribution in [-0.4, -0.2) is 33.4 Å². The Kier molecular flexibility index (Phi) is 4.23. The summed E-state index contributed by atoms with van der Waals surface area (Å²) in [5.41, 5.74) is 0.819. The fourth-order valence-corrected chi connectivity index (χ4v) is 2.41. The number of aromatic nitrogens is 1. The molecule has 0 aliphatic carbocycles. The van der Waals surface area contributed by atoms with Crippen molar-refractivity contribution in [3.05, 3.63) is 23.7 Å². The molecule has 0 saturated heterocycles. The molecule has 0 radical (unpaired) electrons. The molecule has 1 N–H and O–H groups in total. The summed E-state index contributed by atoms with van der Waals surface area (Å²) in [5, 5.41) is 5.23. The molecule has 0 bridgehead atoms. The number of carbonyl (C=O) groups excluding carboxylic acids is 2. The topological polar surface area (TPSA) is 83.8 Å². The van der Waals surface area contributed by atoms with E-state index >= 15 is 0 Å². The maximum Gasteiger partial charge on any atom is 0.280 e. The first-order valence-electron chi connectivity index (χ1n) is 5.26. The van der Waals surface area contributed by atoms with Crippen molar-refractivity contribution in [2.24, 2.45) is 9.98 Å². The second-order valence-electron chi connectivity index (χ2n) is 3.55. The summed E-state index contributed by atoms with van der Waals surface area (Å²) in [6, 6.07) is 0. The van der Waals surface area contributed by atoms with Crippen molar-refractivity contribution in [1.82, 2.24) is 4.98 Å². The molecule has 6 nitrogen and oxygen atoms in total. The molecule has 0 unspecified atom stereocenters. The van der Waals surface area contributed by atoms with E-state index in [4.69, 9.17) is 0 Å². The van der Waals surface area contributed by atoms with Crippen LogP contribution in [0.2, 0.25) is 0 Å². The highest BCUT2D eigenvalue weighted by Gasteiger charge is 2.17. The van der Waals surface area contributed by atoms with E-state index in [1.54, 1.807) is 18.5 Å². The minimum absolute atomic E-state index is 0.120. The van der Waals surface area contributed by atoms with E-state index in [1.807, 2.05) is 0 Å². The van der Waals surface area contributed by atoms with Crippen molar-refractivity contribution in [3.63, 3.8) is 0 Å². The first-order chi connectivity index (χ1) is 9.06. The second kappa shape index (κ2) is 5.89. The van der Waals surface area contributed by atoms with Crippen molar-refractivity contribution in [3.8, 4) is 0 Å². The Morgan fingerprint density at radius 2 is 2.32 bits per heavy atom. The van der Waals surface area contributed by atoms with E-state index < -0.39 is 5.91 Å². The molecule has 0 fully saturated rings. The number of nitrogens with one attached hydrogen (secondary N) is 1. The minimum atomic E-state index is -0.407. The molecule has 1 aromatic rings. The number of amidine groups is 1. The van der Waals surface area contributed by atoms with Gasteiger partial charge in [0.2, 0.25) is 5.91 Å². The highest BCUT2D eigenvalue weighted by Crippen LogP contribution is 2.15. The number of nitrogens with zero attached hydrogens (tertiary/aromatic N) is 3.